The maximum Gasteiger partial charge on any atom is 0.149 e. The van der Waals surface area contributed by atoms with Crippen LogP contribution in [0, 0.1) is 3.57 Å². The van der Waals surface area contributed by atoms with Gasteiger partial charge in [0.2, 0.25) is 0 Å². The van der Waals surface area contributed by atoms with Gasteiger partial charge in [0, 0.05) is 9.77 Å². The van der Waals surface area contributed by atoms with Gasteiger partial charge in [0.1, 0.15) is 37.4 Å². The van der Waals surface area contributed by atoms with Crippen LogP contribution in [0.15, 0.2) is 24.4 Å². The third-order valence-electron chi connectivity index (χ3n) is 3.99. The number of benzene rings is 1. The van der Waals surface area contributed by atoms with E-state index < -0.39 is 6.67 Å². The predicted molar refractivity (Wildman–Crippen MR) is 88.9 cm³/mol. The molecule has 1 aromatic carbocycles. The molecular formula is C15H15FIN3O2. The van der Waals surface area contributed by atoms with Gasteiger partial charge in [-0.2, -0.15) is 0 Å². The molecule has 2 aromatic rings. The molecule has 1 fully saturated rings. The van der Waals surface area contributed by atoms with Gasteiger partial charge in [0.15, 0.2) is 0 Å². The smallest absolute Gasteiger partial charge is 0.149 e. The molecule has 0 N–H and O–H groups in total. The number of aromatic nitrogens is 2. The minimum atomic E-state index is -0.430. The first-order valence-electron chi connectivity index (χ1n) is 7.16. The Kier molecular flexibility index (Phi) is 3.69. The number of anilines is 1. The Bertz CT molecular complexity index is 706. The molecule has 2 aliphatic rings. The van der Waals surface area contributed by atoms with Crippen molar-refractivity contribution in [3.8, 4) is 17.1 Å². The molecule has 116 valence electrons. The molecule has 0 aliphatic carbocycles. The van der Waals surface area contributed by atoms with Crippen LogP contribution in [0.2, 0.25) is 0 Å². The summed E-state index contributed by atoms with van der Waals surface area (Å²) in [5, 5.41) is 0. The molecule has 1 aromatic heterocycles. The van der Waals surface area contributed by atoms with Crippen LogP contribution in [-0.4, -0.2) is 42.2 Å². The molecular weight excluding hydrogens is 400 g/mol. The minimum Gasteiger partial charge on any atom is -0.491 e. The summed E-state index contributed by atoms with van der Waals surface area (Å²) in [7, 11) is 0. The lowest BCUT2D eigenvalue weighted by atomic mass is 10.2. The number of hydrogen-bond acceptors (Lipinski definition) is 4. The van der Waals surface area contributed by atoms with E-state index in [-0.39, 0.29) is 6.04 Å². The number of imidazole rings is 1. The van der Waals surface area contributed by atoms with Crippen LogP contribution in [0.3, 0.4) is 0 Å². The van der Waals surface area contributed by atoms with Crippen molar-refractivity contribution < 1.29 is 13.9 Å². The van der Waals surface area contributed by atoms with Crippen LogP contribution >= 0.6 is 22.6 Å². The molecule has 0 unspecified atom stereocenters. The number of fused-ring (bicyclic) bond motifs is 3. The van der Waals surface area contributed by atoms with Crippen LogP contribution in [0.1, 0.15) is 0 Å². The van der Waals surface area contributed by atoms with E-state index in [1.807, 2.05) is 29.3 Å². The molecule has 0 amide bonds. The van der Waals surface area contributed by atoms with Crippen LogP contribution in [0.25, 0.3) is 11.4 Å². The van der Waals surface area contributed by atoms with E-state index >= 15 is 0 Å². The van der Waals surface area contributed by atoms with Gasteiger partial charge < -0.3 is 18.9 Å². The van der Waals surface area contributed by atoms with E-state index in [1.54, 1.807) is 0 Å². The van der Waals surface area contributed by atoms with E-state index in [0.29, 0.717) is 19.9 Å². The molecule has 22 heavy (non-hydrogen) atoms. The largest absolute Gasteiger partial charge is 0.491 e. The highest BCUT2D eigenvalue weighted by Gasteiger charge is 2.29. The fourth-order valence-electron chi connectivity index (χ4n) is 2.84. The van der Waals surface area contributed by atoms with E-state index in [9.17, 15) is 4.39 Å². The maximum atomic E-state index is 13.1. The van der Waals surface area contributed by atoms with E-state index in [0.717, 1.165) is 33.1 Å². The second-order valence-corrected chi connectivity index (χ2v) is 6.63. The zero-order valence-corrected chi connectivity index (χ0v) is 14.0. The van der Waals surface area contributed by atoms with Crippen LogP contribution in [0.4, 0.5) is 10.2 Å². The zero-order chi connectivity index (χ0) is 15.1. The second kappa shape index (κ2) is 5.69. The fraction of sp³-hybridized carbons (Fsp3) is 0.400. The summed E-state index contributed by atoms with van der Waals surface area (Å²) in [6.07, 6.45) is 1.96. The maximum absolute atomic E-state index is 13.1. The monoisotopic (exact) mass is 415 g/mol. The lowest BCUT2D eigenvalue weighted by Crippen LogP contribution is -2.32. The van der Waals surface area contributed by atoms with Crippen molar-refractivity contribution in [1.29, 1.82) is 0 Å². The van der Waals surface area contributed by atoms with Crippen molar-refractivity contribution in [3.05, 3.63) is 28.0 Å². The number of nitrogens with zero attached hydrogens (tertiary/aromatic N) is 3. The molecule has 2 aliphatic heterocycles. The van der Waals surface area contributed by atoms with Crippen molar-refractivity contribution >= 4 is 28.4 Å². The molecule has 0 radical (unpaired) electrons. The first kappa shape index (κ1) is 14.3. The van der Waals surface area contributed by atoms with Crippen molar-refractivity contribution in [1.82, 2.24) is 9.55 Å². The van der Waals surface area contributed by atoms with Crippen molar-refractivity contribution in [2.24, 2.45) is 0 Å². The van der Waals surface area contributed by atoms with E-state index in [1.165, 1.54) is 0 Å². The summed E-state index contributed by atoms with van der Waals surface area (Å²) in [5.74, 6) is 2.48. The lowest BCUT2D eigenvalue weighted by molar-refractivity contribution is 0.190. The molecule has 7 heteroatoms. The molecule has 1 saturated heterocycles. The predicted octanol–water partition coefficient (Wildman–Crippen LogP) is 2.68. The quantitative estimate of drug-likeness (QED) is 0.708. The third-order valence-corrected chi connectivity index (χ3v) is 4.66. The van der Waals surface area contributed by atoms with Gasteiger partial charge in [-0.3, -0.25) is 0 Å². The lowest BCUT2D eigenvalue weighted by Gasteiger charge is -2.19. The highest BCUT2D eigenvalue weighted by Crippen LogP contribution is 2.35. The molecule has 4 rings (SSSR count). The van der Waals surface area contributed by atoms with Gasteiger partial charge in [-0.1, -0.05) is 0 Å². The summed E-state index contributed by atoms with van der Waals surface area (Å²) in [6, 6.07) is 5.84. The summed E-state index contributed by atoms with van der Waals surface area (Å²) in [5.41, 5.74) is 0.973. The number of alkyl halides is 1. The van der Waals surface area contributed by atoms with Crippen LogP contribution < -0.4 is 9.64 Å². The Hall–Kier alpha value is -1.35. The first-order valence-corrected chi connectivity index (χ1v) is 8.24. The fourth-order valence-corrected chi connectivity index (χ4v) is 3.31. The molecule has 1 atom stereocenters. The Balaban J connectivity index is 1.77. The van der Waals surface area contributed by atoms with Crippen molar-refractivity contribution in [2.75, 3.05) is 31.5 Å². The number of halogens is 2. The number of rotatable bonds is 2. The molecule has 5 nitrogen and oxygen atoms in total. The van der Waals surface area contributed by atoms with E-state index in [2.05, 4.69) is 27.2 Å². The summed E-state index contributed by atoms with van der Waals surface area (Å²) in [6.45, 7) is 1.69. The molecule has 0 spiro atoms. The molecule has 3 heterocycles. The normalized spacial score (nSPS) is 20.3. The van der Waals surface area contributed by atoms with Gasteiger partial charge >= 0.3 is 0 Å². The zero-order valence-electron chi connectivity index (χ0n) is 11.8. The van der Waals surface area contributed by atoms with Gasteiger partial charge in [0.25, 0.3) is 0 Å². The molecule has 0 saturated carbocycles. The summed E-state index contributed by atoms with van der Waals surface area (Å²) < 4.78 is 27.5. The summed E-state index contributed by atoms with van der Waals surface area (Å²) >= 11 is 2.27. The second-order valence-electron chi connectivity index (χ2n) is 5.38. The molecule has 0 bridgehead atoms. The average Bonchev–Trinajstić information content (AvgIpc) is 3.11. The van der Waals surface area contributed by atoms with Crippen molar-refractivity contribution in [3.63, 3.8) is 0 Å². The topological polar surface area (TPSA) is 39.5 Å². The highest BCUT2D eigenvalue weighted by molar-refractivity contribution is 14.1. The van der Waals surface area contributed by atoms with Gasteiger partial charge in [-0.15, -0.1) is 0 Å². The number of ether oxygens (including phenoxy) is 2. The van der Waals surface area contributed by atoms with Crippen molar-refractivity contribution in [2.45, 2.75) is 12.6 Å². The standard InChI is InChI=1S/C15H15FIN3O2/c16-6-11-8-21-9-20(11)14-7-19-3-4-22-13-5-10(17)1-2-12(13)15(19)18-14/h1-2,5,7,11H,3-4,6,8-9H2/t11-/m1/s1. The number of hydrogen-bond donors (Lipinski definition) is 0. The minimum absolute atomic E-state index is 0.244. The Morgan fingerprint density at radius 1 is 1.41 bits per heavy atom. The van der Waals surface area contributed by atoms with Crippen LogP contribution in [0.5, 0.6) is 5.75 Å². The first-order chi connectivity index (χ1) is 10.8. The Labute approximate surface area is 141 Å². The van der Waals surface area contributed by atoms with E-state index in [4.69, 9.17) is 14.5 Å². The Morgan fingerprint density at radius 2 is 2.32 bits per heavy atom. The summed E-state index contributed by atoms with van der Waals surface area (Å²) in [4.78, 5) is 6.61. The average molecular weight is 415 g/mol. The van der Waals surface area contributed by atoms with Gasteiger partial charge in [-0.05, 0) is 40.8 Å². The SMILES string of the molecule is FC[C@@H]1COCN1c1cn2c(n1)-c1ccc(I)cc1OCC2. The Morgan fingerprint density at radius 3 is 3.18 bits per heavy atom. The van der Waals surface area contributed by atoms with Crippen LogP contribution in [-0.2, 0) is 11.3 Å². The highest BCUT2D eigenvalue weighted by atomic mass is 127. The van der Waals surface area contributed by atoms with Gasteiger partial charge in [0.05, 0.1) is 24.8 Å². The third kappa shape index (κ3) is 2.36. The van der Waals surface area contributed by atoms with Gasteiger partial charge in [-0.25, -0.2) is 9.37 Å².